The summed E-state index contributed by atoms with van der Waals surface area (Å²) in [6.07, 6.45) is -5.77. The Bertz CT molecular complexity index is 1190. The van der Waals surface area contributed by atoms with Gasteiger partial charge in [0.2, 0.25) is 17.7 Å². The third kappa shape index (κ3) is 8.44. The van der Waals surface area contributed by atoms with Gasteiger partial charge in [0, 0.05) is 33.0 Å². The minimum atomic E-state index is -4.43. The fourth-order valence-electron chi connectivity index (χ4n) is 4.70. The second-order valence-electron chi connectivity index (χ2n) is 9.91. The molecular formula is C28H32F3N3O5. The number of nitrogens with one attached hydrogen (secondary N) is 1. The fourth-order valence-corrected chi connectivity index (χ4v) is 4.70. The van der Waals surface area contributed by atoms with E-state index in [4.69, 9.17) is 9.47 Å². The lowest BCUT2D eigenvalue weighted by molar-refractivity contribution is -0.151. The van der Waals surface area contributed by atoms with Crippen molar-refractivity contribution < 1.29 is 37.0 Å². The van der Waals surface area contributed by atoms with Crippen molar-refractivity contribution in [1.29, 1.82) is 0 Å². The van der Waals surface area contributed by atoms with E-state index in [1.165, 1.54) is 16.8 Å². The number of carbonyl (C=O) groups excluding carboxylic acids is 3. The van der Waals surface area contributed by atoms with Crippen molar-refractivity contribution in [2.45, 2.75) is 57.0 Å². The number of fused-ring (bicyclic) bond motifs is 5. The lowest BCUT2D eigenvalue weighted by Gasteiger charge is -2.39. The Hall–Kier alpha value is -3.60. The molecule has 1 N–H and O–H groups in total. The van der Waals surface area contributed by atoms with E-state index in [0.717, 1.165) is 11.1 Å². The summed E-state index contributed by atoms with van der Waals surface area (Å²) in [5, 5.41) is 2.84. The number of amides is 3. The lowest BCUT2D eigenvalue weighted by Crippen LogP contribution is -2.58. The van der Waals surface area contributed by atoms with Crippen LogP contribution in [0.1, 0.15) is 36.8 Å². The summed E-state index contributed by atoms with van der Waals surface area (Å²) in [5.41, 5.74) is 1.75. The molecular weight excluding hydrogens is 515 g/mol. The van der Waals surface area contributed by atoms with E-state index in [0.29, 0.717) is 24.3 Å². The van der Waals surface area contributed by atoms with Gasteiger partial charge in [0.1, 0.15) is 11.5 Å². The summed E-state index contributed by atoms with van der Waals surface area (Å²) < 4.78 is 50.1. The van der Waals surface area contributed by atoms with Gasteiger partial charge < -0.3 is 24.6 Å². The predicted molar refractivity (Wildman–Crippen MR) is 136 cm³/mol. The highest BCUT2D eigenvalue weighted by Crippen LogP contribution is 2.26. The maximum Gasteiger partial charge on any atom is 0.389 e. The molecule has 2 aliphatic heterocycles. The standard InChI is InChI=1S/C28H32F3N3O5/c1-33-17-25(35)32-23-16-34(27(37)10-12-28(29,30)31)13-11-24(23)38-18-20-5-3-7-22(15-20)39-21-6-2-4-19(14-21)8-9-26(33)36/h2-7,14-15,23-24H,8-13,16-18H2,1H3,(H,32,35)/t23-,24+/m0/s1. The SMILES string of the molecule is CN1CC(=O)N[C@H]2CN(C(=O)CCC(F)(F)F)CC[C@H]2OCc2cccc(c2)Oc2cccc(c2)CCC1=O. The maximum atomic E-state index is 12.9. The van der Waals surface area contributed by atoms with Gasteiger partial charge in [-0.05, 0) is 48.2 Å². The Labute approximate surface area is 225 Å². The molecule has 3 amide bonds. The summed E-state index contributed by atoms with van der Waals surface area (Å²) in [5.74, 6) is -0.0346. The first-order valence-electron chi connectivity index (χ1n) is 12.9. The number of hydrogen-bond acceptors (Lipinski definition) is 5. The molecule has 39 heavy (non-hydrogen) atoms. The van der Waals surface area contributed by atoms with Crippen LogP contribution in [-0.4, -0.2) is 72.5 Å². The zero-order valence-corrected chi connectivity index (χ0v) is 21.7. The maximum absolute atomic E-state index is 12.9. The largest absolute Gasteiger partial charge is 0.457 e. The number of benzene rings is 2. The molecule has 2 atom stereocenters. The van der Waals surface area contributed by atoms with Gasteiger partial charge in [-0.25, -0.2) is 0 Å². The van der Waals surface area contributed by atoms with Crippen molar-refractivity contribution in [3.05, 3.63) is 59.7 Å². The summed E-state index contributed by atoms with van der Waals surface area (Å²) >= 11 is 0. The minimum Gasteiger partial charge on any atom is -0.457 e. The van der Waals surface area contributed by atoms with Crippen LogP contribution in [0.5, 0.6) is 11.5 Å². The first-order chi connectivity index (χ1) is 18.6. The number of likely N-dealkylation sites (tertiary alicyclic amines) is 1. The normalized spacial score (nSPS) is 21.2. The molecule has 0 saturated carbocycles. The molecule has 0 radical (unpaired) electrons. The van der Waals surface area contributed by atoms with Gasteiger partial charge in [-0.1, -0.05) is 24.3 Å². The van der Waals surface area contributed by atoms with Crippen LogP contribution < -0.4 is 10.1 Å². The molecule has 1 fully saturated rings. The monoisotopic (exact) mass is 547 g/mol. The highest BCUT2D eigenvalue weighted by atomic mass is 19.4. The van der Waals surface area contributed by atoms with Gasteiger partial charge in [0.25, 0.3) is 0 Å². The predicted octanol–water partition coefficient (Wildman–Crippen LogP) is 3.83. The molecule has 2 aliphatic rings. The average molecular weight is 548 g/mol. The quantitative estimate of drug-likeness (QED) is 0.618. The summed E-state index contributed by atoms with van der Waals surface area (Å²) in [4.78, 5) is 40.7. The Morgan fingerprint density at radius 2 is 1.74 bits per heavy atom. The molecule has 0 aliphatic carbocycles. The van der Waals surface area contributed by atoms with Crippen LogP contribution in [0.3, 0.4) is 0 Å². The van der Waals surface area contributed by atoms with Crippen molar-refractivity contribution in [3.8, 4) is 11.5 Å². The average Bonchev–Trinajstić information content (AvgIpc) is 2.89. The van der Waals surface area contributed by atoms with Crippen molar-refractivity contribution in [3.63, 3.8) is 0 Å². The Morgan fingerprint density at radius 1 is 1.05 bits per heavy atom. The van der Waals surface area contributed by atoms with Crippen LogP contribution in [-0.2, 0) is 32.1 Å². The van der Waals surface area contributed by atoms with Gasteiger partial charge >= 0.3 is 6.18 Å². The third-order valence-corrected chi connectivity index (χ3v) is 6.80. The highest BCUT2D eigenvalue weighted by Gasteiger charge is 2.35. The zero-order valence-electron chi connectivity index (χ0n) is 21.7. The molecule has 4 bridgehead atoms. The van der Waals surface area contributed by atoms with Gasteiger partial charge in [-0.2, -0.15) is 13.2 Å². The van der Waals surface area contributed by atoms with Crippen molar-refractivity contribution >= 4 is 17.7 Å². The summed E-state index contributed by atoms with van der Waals surface area (Å²) in [6.45, 7) is 0.234. The highest BCUT2D eigenvalue weighted by molar-refractivity contribution is 5.85. The molecule has 0 spiro atoms. The Kier molecular flexibility index (Phi) is 9.11. The number of alkyl halides is 3. The number of carbonyl (C=O) groups is 3. The van der Waals surface area contributed by atoms with Crippen LogP contribution in [0.25, 0.3) is 0 Å². The molecule has 11 heteroatoms. The van der Waals surface area contributed by atoms with E-state index in [1.807, 2.05) is 48.5 Å². The number of ether oxygens (including phenoxy) is 2. The molecule has 2 aromatic carbocycles. The van der Waals surface area contributed by atoms with Crippen molar-refractivity contribution in [2.24, 2.45) is 0 Å². The molecule has 4 rings (SSSR count). The number of piperidine rings is 1. The van der Waals surface area contributed by atoms with Crippen molar-refractivity contribution in [2.75, 3.05) is 26.7 Å². The van der Waals surface area contributed by atoms with Crippen LogP contribution in [0.4, 0.5) is 13.2 Å². The van der Waals surface area contributed by atoms with Crippen LogP contribution >= 0.6 is 0 Å². The van der Waals surface area contributed by atoms with E-state index >= 15 is 0 Å². The molecule has 8 nitrogen and oxygen atoms in total. The van der Waals surface area contributed by atoms with Crippen LogP contribution in [0.15, 0.2) is 48.5 Å². The van der Waals surface area contributed by atoms with Crippen molar-refractivity contribution in [1.82, 2.24) is 15.1 Å². The van der Waals surface area contributed by atoms with Gasteiger partial charge in [-0.15, -0.1) is 0 Å². The third-order valence-electron chi connectivity index (χ3n) is 6.80. The molecule has 2 aromatic rings. The van der Waals surface area contributed by atoms with E-state index in [2.05, 4.69) is 5.32 Å². The van der Waals surface area contributed by atoms with Crippen LogP contribution in [0.2, 0.25) is 0 Å². The lowest BCUT2D eigenvalue weighted by atomic mass is 10.0. The number of likely N-dealkylation sites (N-methyl/N-ethyl adjacent to an activating group) is 1. The Balaban J connectivity index is 1.52. The topological polar surface area (TPSA) is 88.2 Å². The molecule has 0 aromatic heterocycles. The molecule has 210 valence electrons. The number of halogens is 3. The Morgan fingerprint density at radius 3 is 2.46 bits per heavy atom. The number of hydrogen-bond donors (Lipinski definition) is 1. The summed E-state index contributed by atoms with van der Waals surface area (Å²) in [6, 6.07) is 14.2. The van der Waals surface area contributed by atoms with E-state index in [1.54, 1.807) is 0 Å². The second-order valence-corrected chi connectivity index (χ2v) is 9.91. The number of aryl methyl sites for hydroxylation is 1. The van der Waals surface area contributed by atoms with E-state index in [9.17, 15) is 27.6 Å². The minimum absolute atomic E-state index is 0.0164. The van der Waals surface area contributed by atoms with Crippen LogP contribution in [0, 0.1) is 0 Å². The summed E-state index contributed by atoms with van der Waals surface area (Å²) in [7, 11) is 1.54. The fraction of sp³-hybridized carbons (Fsp3) is 0.464. The number of rotatable bonds is 2. The molecule has 0 unspecified atom stereocenters. The van der Waals surface area contributed by atoms with Gasteiger partial charge in [-0.3, -0.25) is 14.4 Å². The zero-order chi connectivity index (χ0) is 28.0. The van der Waals surface area contributed by atoms with E-state index in [-0.39, 0.29) is 38.6 Å². The van der Waals surface area contributed by atoms with Gasteiger partial charge in [0.05, 0.1) is 31.7 Å². The number of nitrogens with zero attached hydrogens (tertiary/aromatic N) is 2. The van der Waals surface area contributed by atoms with E-state index < -0.39 is 43.0 Å². The first-order valence-corrected chi connectivity index (χ1v) is 12.9. The molecule has 2 heterocycles. The molecule has 1 saturated heterocycles. The van der Waals surface area contributed by atoms with Gasteiger partial charge in [0.15, 0.2) is 0 Å². The smallest absolute Gasteiger partial charge is 0.389 e. The second kappa shape index (κ2) is 12.5. The first kappa shape index (κ1) is 28.4.